The summed E-state index contributed by atoms with van der Waals surface area (Å²) in [6, 6.07) is -3.85. The van der Waals surface area contributed by atoms with Gasteiger partial charge in [0, 0.05) is 18.3 Å². The van der Waals surface area contributed by atoms with E-state index >= 15 is 0 Å². The molecule has 0 saturated carbocycles. The van der Waals surface area contributed by atoms with Gasteiger partial charge in [-0.05, 0) is 26.3 Å². The molecule has 0 saturated heterocycles. The maximum absolute atomic E-state index is 10.3. The van der Waals surface area contributed by atoms with Crippen molar-refractivity contribution < 1.29 is 49.8 Å². The highest BCUT2D eigenvalue weighted by molar-refractivity contribution is 5.74. The van der Waals surface area contributed by atoms with Gasteiger partial charge in [-0.2, -0.15) is 0 Å². The molecule has 0 amide bonds. The minimum atomic E-state index is -1.18. The van der Waals surface area contributed by atoms with Gasteiger partial charge < -0.3 is 64.3 Å². The van der Waals surface area contributed by atoms with E-state index in [0.717, 1.165) is 18.5 Å². The van der Waals surface area contributed by atoms with Crippen molar-refractivity contribution in [2.75, 3.05) is 13.2 Å². The van der Waals surface area contributed by atoms with Crippen LogP contribution in [0.4, 0.5) is 0 Å². The van der Waals surface area contributed by atoms with E-state index in [1.54, 1.807) is 6.20 Å². The van der Waals surface area contributed by atoms with E-state index in [1.807, 2.05) is 0 Å². The number of aliphatic hydroxyl groups is 2. The Balaban J connectivity index is -0.000000410. The van der Waals surface area contributed by atoms with Crippen LogP contribution in [0.5, 0.6) is 0 Å². The lowest BCUT2D eigenvalue weighted by Gasteiger charge is -2.06. The molecule has 36 heavy (non-hydrogen) atoms. The Morgan fingerprint density at radius 3 is 1.64 bits per heavy atom. The molecule has 0 aliphatic rings. The average Bonchev–Trinajstić information content (AvgIpc) is 3.32. The number of aromatic amines is 1. The molecule has 0 spiro atoms. The molecule has 17 nitrogen and oxygen atoms in total. The zero-order valence-corrected chi connectivity index (χ0v) is 19.9. The van der Waals surface area contributed by atoms with Crippen molar-refractivity contribution in [3.05, 3.63) is 18.2 Å². The second-order valence-corrected chi connectivity index (χ2v) is 7.19. The van der Waals surface area contributed by atoms with Crippen LogP contribution in [-0.2, 0) is 25.6 Å². The van der Waals surface area contributed by atoms with Crippen LogP contribution in [-0.4, -0.2) is 108 Å². The molecule has 0 aromatic carbocycles. The molecular weight excluding hydrogens is 486 g/mol. The number of aliphatic carboxylic acids is 4. The topological polar surface area (TPSA) is 348 Å². The first-order valence-corrected chi connectivity index (χ1v) is 10.5. The Morgan fingerprint density at radius 2 is 1.39 bits per heavy atom. The number of hydrogen-bond acceptors (Lipinski definition) is 12. The molecule has 0 aliphatic heterocycles. The number of carbonyl (C=O) groups is 4. The third-order valence-corrected chi connectivity index (χ3v) is 3.92. The predicted octanol–water partition coefficient (Wildman–Crippen LogP) is -3.94. The van der Waals surface area contributed by atoms with Crippen LogP contribution in [0.15, 0.2) is 12.5 Å². The summed E-state index contributed by atoms with van der Waals surface area (Å²) in [5.74, 6) is -4.29. The van der Waals surface area contributed by atoms with Crippen LogP contribution in [0.2, 0.25) is 0 Å². The van der Waals surface area contributed by atoms with Crippen molar-refractivity contribution in [1.82, 2.24) is 9.97 Å². The van der Waals surface area contributed by atoms with Crippen molar-refractivity contribution in [2.24, 2.45) is 28.7 Å². The van der Waals surface area contributed by atoms with Crippen molar-refractivity contribution in [3.8, 4) is 0 Å². The molecule has 1 heterocycles. The molecule has 17 N–H and O–H groups in total. The zero-order valence-electron chi connectivity index (χ0n) is 19.9. The Hall–Kier alpha value is -3.19. The predicted molar refractivity (Wildman–Crippen MR) is 126 cm³/mol. The first-order chi connectivity index (χ1) is 16.6. The number of nitrogens with two attached hydrogens (primary N) is 5. The summed E-state index contributed by atoms with van der Waals surface area (Å²) in [7, 11) is 0. The molecule has 17 heteroatoms. The van der Waals surface area contributed by atoms with Gasteiger partial charge in [-0.3, -0.25) is 19.2 Å². The maximum atomic E-state index is 10.3. The first-order valence-electron chi connectivity index (χ1n) is 10.5. The lowest BCUT2D eigenvalue weighted by atomic mass is 10.1. The van der Waals surface area contributed by atoms with E-state index in [1.165, 1.54) is 13.3 Å². The Labute approximate surface area is 207 Å². The Kier molecular flexibility index (Phi) is 23.1. The fourth-order valence-corrected chi connectivity index (χ4v) is 1.64. The van der Waals surface area contributed by atoms with Crippen molar-refractivity contribution >= 4 is 23.9 Å². The number of nitrogens with one attached hydrogen (secondary N) is 1. The van der Waals surface area contributed by atoms with Gasteiger partial charge in [0.25, 0.3) is 0 Å². The van der Waals surface area contributed by atoms with Gasteiger partial charge in [0.1, 0.15) is 24.2 Å². The quantitative estimate of drug-likeness (QED) is 0.116. The normalized spacial score (nSPS) is 14.0. The second-order valence-electron chi connectivity index (χ2n) is 7.19. The van der Waals surface area contributed by atoms with Gasteiger partial charge in [-0.15, -0.1) is 0 Å². The lowest BCUT2D eigenvalue weighted by Crippen LogP contribution is -2.39. The molecule has 0 aliphatic carbocycles. The van der Waals surface area contributed by atoms with Crippen LogP contribution < -0.4 is 28.7 Å². The number of carboxylic acid groups (broad SMARTS) is 4. The molecule has 1 unspecified atom stereocenters. The molecule has 0 fully saturated rings. The van der Waals surface area contributed by atoms with Crippen LogP contribution in [0.25, 0.3) is 0 Å². The third kappa shape index (κ3) is 22.6. The number of H-pyrrole nitrogens is 1. The molecule has 5 atom stereocenters. The third-order valence-electron chi connectivity index (χ3n) is 3.92. The lowest BCUT2D eigenvalue weighted by molar-refractivity contribution is -0.141. The highest BCUT2D eigenvalue weighted by Crippen LogP contribution is 1.97. The highest BCUT2D eigenvalue weighted by atomic mass is 16.4. The van der Waals surface area contributed by atoms with Gasteiger partial charge in [0.05, 0.1) is 19.0 Å². The molecule has 0 bridgehead atoms. The SMILES string of the molecule is CC(O)[C@H](N)C(=O)O.NCCCC[C@H](N)C(=O)O.N[C@@H](CO)C(=O)O.N[C@@H](Cc1cnc[nH]1)C(=O)O. The molecule has 1 aromatic rings. The van der Waals surface area contributed by atoms with Crippen LogP contribution in [0.1, 0.15) is 31.9 Å². The minimum absolute atomic E-state index is 0.287. The zero-order chi connectivity index (χ0) is 28.8. The standard InChI is InChI=1S/C6H9N3O2.C6H14N2O2.C4H9NO3.C3H7NO3/c7-5(6(10)11)1-4-2-8-3-9-4;7-4-2-1-3-5(8)6(9)10;1-2(6)3(5)4(7)8;4-2(1-5)3(6)7/h2-3,5H,1,7H2,(H,8,9)(H,10,11);5H,1-4,7-8H2,(H,9,10);2-3,6H,5H2,1H3,(H,7,8);2,5H,1,4H2,(H,6,7)/t2*5-;2?,3-;2-/m0000/s1. The summed E-state index contributed by atoms with van der Waals surface area (Å²) in [5.41, 5.74) is 26.1. The number of nitrogens with zero attached hydrogens (tertiary/aromatic N) is 1. The number of rotatable bonds is 12. The van der Waals surface area contributed by atoms with Gasteiger partial charge in [0.15, 0.2) is 0 Å². The van der Waals surface area contributed by atoms with E-state index in [4.69, 9.17) is 59.3 Å². The second kappa shape index (κ2) is 22.3. The van der Waals surface area contributed by atoms with Gasteiger partial charge >= 0.3 is 23.9 Å². The van der Waals surface area contributed by atoms with Crippen molar-refractivity contribution in [2.45, 2.75) is 62.9 Å². The number of carboxylic acids is 4. The number of aromatic nitrogens is 2. The Bertz CT molecular complexity index is 734. The Morgan fingerprint density at radius 1 is 0.889 bits per heavy atom. The first kappa shape index (κ1) is 37.4. The summed E-state index contributed by atoms with van der Waals surface area (Å²) in [5, 5.41) is 49.2. The van der Waals surface area contributed by atoms with Gasteiger partial charge in [-0.1, -0.05) is 6.42 Å². The molecule has 0 radical (unpaired) electrons. The van der Waals surface area contributed by atoms with Crippen LogP contribution >= 0.6 is 0 Å². The molecule has 210 valence electrons. The smallest absolute Gasteiger partial charge is 0.323 e. The van der Waals surface area contributed by atoms with E-state index in [2.05, 4.69) is 9.97 Å². The maximum Gasteiger partial charge on any atom is 0.323 e. The highest BCUT2D eigenvalue weighted by Gasteiger charge is 2.16. The molecule has 1 rings (SSSR count). The minimum Gasteiger partial charge on any atom is -0.480 e. The summed E-state index contributed by atoms with van der Waals surface area (Å²) in [6.45, 7) is 1.43. The summed E-state index contributed by atoms with van der Waals surface area (Å²) in [6.07, 6.45) is 4.52. The number of aliphatic hydroxyl groups excluding tert-OH is 2. The fraction of sp³-hybridized carbons (Fsp3) is 0.632. The monoisotopic (exact) mass is 525 g/mol. The van der Waals surface area contributed by atoms with E-state index in [0.29, 0.717) is 13.0 Å². The van der Waals surface area contributed by atoms with Gasteiger partial charge in [0.2, 0.25) is 0 Å². The fourth-order valence-electron chi connectivity index (χ4n) is 1.64. The average molecular weight is 526 g/mol. The van der Waals surface area contributed by atoms with Crippen LogP contribution in [0, 0.1) is 0 Å². The van der Waals surface area contributed by atoms with Crippen LogP contribution in [0.3, 0.4) is 0 Å². The van der Waals surface area contributed by atoms with Gasteiger partial charge in [-0.25, -0.2) is 4.98 Å². The summed E-state index contributed by atoms with van der Waals surface area (Å²) < 4.78 is 0. The molecular formula is C19H39N7O10. The van der Waals surface area contributed by atoms with E-state index in [-0.39, 0.29) is 6.42 Å². The summed E-state index contributed by atoms with van der Waals surface area (Å²) in [4.78, 5) is 46.4. The largest absolute Gasteiger partial charge is 0.480 e. The van der Waals surface area contributed by atoms with Crippen molar-refractivity contribution in [1.29, 1.82) is 0 Å². The number of imidazole rings is 1. The number of hydrogen-bond donors (Lipinski definition) is 12. The summed E-state index contributed by atoms with van der Waals surface area (Å²) >= 11 is 0. The number of unbranched alkanes of at least 4 members (excludes halogenated alkanes) is 1. The molecule has 1 aromatic heterocycles. The van der Waals surface area contributed by atoms with Crippen molar-refractivity contribution in [3.63, 3.8) is 0 Å². The van der Waals surface area contributed by atoms with E-state index < -0.39 is 60.8 Å². The van der Waals surface area contributed by atoms with E-state index in [9.17, 15) is 19.2 Å².